The van der Waals surface area contributed by atoms with Crippen molar-refractivity contribution in [3.63, 3.8) is 0 Å². The van der Waals surface area contributed by atoms with Crippen LogP contribution in [-0.2, 0) is 14.8 Å². The molecule has 0 heterocycles. The molecule has 1 rings (SSSR count). The van der Waals surface area contributed by atoms with Gasteiger partial charge in [0, 0.05) is 12.6 Å². The molecule has 1 aliphatic carbocycles. The highest BCUT2D eigenvalue weighted by molar-refractivity contribution is 7.88. The van der Waals surface area contributed by atoms with Gasteiger partial charge in [-0.15, -0.1) is 0 Å². The zero-order valence-electron chi connectivity index (χ0n) is 9.85. The smallest absolute Gasteiger partial charge is 0.222 e. The molecule has 6 heteroatoms. The fourth-order valence-electron chi connectivity index (χ4n) is 2.50. The SMILES string of the molecule is CCN([C@@H]1CCCCC1C(N)=O)S(C)(=O)=O. The molecule has 16 heavy (non-hydrogen) atoms. The van der Waals surface area contributed by atoms with Gasteiger partial charge in [0.05, 0.1) is 12.2 Å². The Kier molecular flexibility index (Phi) is 4.32. The number of carbonyl (C=O) groups is 1. The number of rotatable bonds is 4. The predicted molar refractivity (Wildman–Crippen MR) is 62.2 cm³/mol. The Bertz CT molecular complexity index is 353. The average Bonchev–Trinajstić information content (AvgIpc) is 2.17. The molecule has 5 nitrogen and oxygen atoms in total. The molecule has 1 unspecified atom stereocenters. The van der Waals surface area contributed by atoms with Gasteiger partial charge in [0.15, 0.2) is 0 Å². The van der Waals surface area contributed by atoms with Crippen molar-refractivity contribution >= 4 is 15.9 Å². The van der Waals surface area contributed by atoms with Gasteiger partial charge in [0.1, 0.15) is 0 Å². The minimum Gasteiger partial charge on any atom is -0.369 e. The van der Waals surface area contributed by atoms with Crippen molar-refractivity contribution in [2.24, 2.45) is 11.7 Å². The van der Waals surface area contributed by atoms with Crippen LogP contribution in [0, 0.1) is 5.92 Å². The van der Waals surface area contributed by atoms with Crippen molar-refractivity contribution < 1.29 is 13.2 Å². The first-order valence-electron chi connectivity index (χ1n) is 5.64. The molecule has 2 N–H and O–H groups in total. The third kappa shape index (κ3) is 2.95. The van der Waals surface area contributed by atoms with Crippen LogP contribution in [0.2, 0.25) is 0 Å². The zero-order valence-corrected chi connectivity index (χ0v) is 10.7. The summed E-state index contributed by atoms with van der Waals surface area (Å²) in [4.78, 5) is 11.3. The number of nitrogens with two attached hydrogens (primary N) is 1. The van der Waals surface area contributed by atoms with Crippen LogP contribution < -0.4 is 5.73 Å². The number of primary amides is 1. The van der Waals surface area contributed by atoms with Crippen LogP contribution in [0.3, 0.4) is 0 Å². The molecular weight excluding hydrogens is 228 g/mol. The van der Waals surface area contributed by atoms with E-state index in [2.05, 4.69) is 0 Å². The van der Waals surface area contributed by atoms with Gasteiger partial charge in [-0.25, -0.2) is 8.42 Å². The Balaban J connectivity index is 2.93. The summed E-state index contributed by atoms with van der Waals surface area (Å²) in [5.74, 6) is -0.713. The van der Waals surface area contributed by atoms with Crippen LogP contribution >= 0.6 is 0 Å². The predicted octanol–water partition coefficient (Wildman–Crippen LogP) is 0.312. The molecule has 1 fully saturated rings. The van der Waals surface area contributed by atoms with Crippen LogP contribution in [0.5, 0.6) is 0 Å². The molecule has 0 aromatic carbocycles. The summed E-state index contributed by atoms with van der Waals surface area (Å²) in [6, 6.07) is -0.244. The van der Waals surface area contributed by atoms with E-state index < -0.39 is 10.0 Å². The van der Waals surface area contributed by atoms with E-state index >= 15 is 0 Å². The molecule has 1 amide bonds. The van der Waals surface area contributed by atoms with Gasteiger partial charge < -0.3 is 5.73 Å². The standard InChI is InChI=1S/C10H20N2O3S/c1-3-12(16(2,14)15)9-7-5-4-6-8(9)10(11)13/h8-9H,3-7H2,1-2H3,(H2,11,13)/t8?,9-/m1/s1. The third-order valence-electron chi connectivity index (χ3n) is 3.20. The summed E-state index contributed by atoms with van der Waals surface area (Å²) in [6.45, 7) is 2.18. The van der Waals surface area contributed by atoms with E-state index in [9.17, 15) is 13.2 Å². The lowest BCUT2D eigenvalue weighted by Crippen LogP contribution is -2.49. The van der Waals surface area contributed by atoms with E-state index in [0.29, 0.717) is 13.0 Å². The van der Waals surface area contributed by atoms with Crippen LogP contribution in [-0.4, -0.2) is 37.5 Å². The molecule has 0 saturated heterocycles. The molecular formula is C10H20N2O3S. The Labute approximate surface area is 97.0 Å². The van der Waals surface area contributed by atoms with Crippen LogP contribution in [0.15, 0.2) is 0 Å². The number of sulfonamides is 1. The van der Waals surface area contributed by atoms with Gasteiger partial charge in [0.2, 0.25) is 15.9 Å². The van der Waals surface area contributed by atoms with Crippen molar-refractivity contribution in [3.05, 3.63) is 0 Å². The first-order valence-corrected chi connectivity index (χ1v) is 7.49. The number of hydrogen-bond donors (Lipinski definition) is 1. The van der Waals surface area contributed by atoms with E-state index in [-0.39, 0.29) is 17.9 Å². The van der Waals surface area contributed by atoms with Crippen molar-refractivity contribution in [1.82, 2.24) is 4.31 Å². The monoisotopic (exact) mass is 248 g/mol. The van der Waals surface area contributed by atoms with E-state index in [4.69, 9.17) is 5.73 Å². The van der Waals surface area contributed by atoms with Crippen molar-refractivity contribution in [3.8, 4) is 0 Å². The highest BCUT2D eigenvalue weighted by Crippen LogP contribution is 2.29. The molecule has 0 aromatic rings. The quantitative estimate of drug-likeness (QED) is 0.777. The molecule has 1 saturated carbocycles. The van der Waals surface area contributed by atoms with Gasteiger partial charge in [-0.3, -0.25) is 4.79 Å². The van der Waals surface area contributed by atoms with E-state index in [1.807, 2.05) is 0 Å². The molecule has 0 radical (unpaired) electrons. The Morgan fingerprint density at radius 1 is 1.38 bits per heavy atom. The van der Waals surface area contributed by atoms with E-state index in [1.165, 1.54) is 10.6 Å². The zero-order chi connectivity index (χ0) is 12.3. The minimum atomic E-state index is -3.26. The first kappa shape index (κ1) is 13.4. The van der Waals surface area contributed by atoms with Crippen molar-refractivity contribution in [1.29, 1.82) is 0 Å². The molecule has 0 aliphatic heterocycles. The second-order valence-electron chi connectivity index (χ2n) is 4.33. The summed E-state index contributed by atoms with van der Waals surface area (Å²) >= 11 is 0. The van der Waals surface area contributed by atoms with Crippen molar-refractivity contribution in [2.45, 2.75) is 38.6 Å². The normalized spacial score (nSPS) is 26.9. The third-order valence-corrected chi connectivity index (χ3v) is 4.58. The van der Waals surface area contributed by atoms with Crippen molar-refractivity contribution in [2.75, 3.05) is 12.8 Å². The summed E-state index contributed by atoms with van der Waals surface area (Å²) in [5, 5.41) is 0. The lowest BCUT2D eigenvalue weighted by atomic mass is 9.84. The fraction of sp³-hybridized carbons (Fsp3) is 0.900. The Morgan fingerprint density at radius 3 is 2.38 bits per heavy atom. The maximum Gasteiger partial charge on any atom is 0.222 e. The highest BCUT2D eigenvalue weighted by atomic mass is 32.2. The van der Waals surface area contributed by atoms with E-state index in [0.717, 1.165) is 19.3 Å². The lowest BCUT2D eigenvalue weighted by Gasteiger charge is -2.36. The summed E-state index contributed by atoms with van der Waals surface area (Å²) in [7, 11) is -3.26. The van der Waals surface area contributed by atoms with Crippen LogP contribution in [0.4, 0.5) is 0 Å². The first-order chi connectivity index (χ1) is 7.38. The number of hydrogen-bond acceptors (Lipinski definition) is 3. The number of nitrogens with zero attached hydrogens (tertiary/aromatic N) is 1. The van der Waals surface area contributed by atoms with Crippen LogP contribution in [0.25, 0.3) is 0 Å². The van der Waals surface area contributed by atoms with Gasteiger partial charge in [0.25, 0.3) is 0 Å². The van der Waals surface area contributed by atoms with Crippen LogP contribution in [0.1, 0.15) is 32.6 Å². The molecule has 2 atom stereocenters. The molecule has 0 aromatic heterocycles. The van der Waals surface area contributed by atoms with Gasteiger partial charge in [-0.05, 0) is 12.8 Å². The largest absolute Gasteiger partial charge is 0.369 e. The van der Waals surface area contributed by atoms with Gasteiger partial charge in [-0.2, -0.15) is 4.31 Å². The number of amides is 1. The molecule has 0 spiro atoms. The van der Waals surface area contributed by atoms with E-state index in [1.54, 1.807) is 6.92 Å². The summed E-state index contributed by atoms with van der Waals surface area (Å²) < 4.78 is 24.6. The topological polar surface area (TPSA) is 80.5 Å². The Morgan fingerprint density at radius 2 is 1.94 bits per heavy atom. The minimum absolute atomic E-state index is 0.244. The summed E-state index contributed by atoms with van der Waals surface area (Å²) in [5.41, 5.74) is 5.33. The number of carbonyl (C=O) groups excluding carboxylic acids is 1. The second kappa shape index (κ2) is 5.14. The van der Waals surface area contributed by atoms with Gasteiger partial charge in [-0.1, -0.05) is 19.8 Å². The Hall–Kier alpha value is -0.620. The lowest BCUT2D eigenvalue weighted by molar-refractivity contribution is -0.124. The maximum atomic E-state index is 11.6. The molecule has 94 valence electrons. The highest BCUT2D eigenvalue weighted by Gasteiger charge is 2.36. The summed E-state index contributed by atoms with van der Waals surface area (Å²) in [6.07, 6.45) is 4.52. The van der Waals surface area contributed by atoms with Gasteiger partial charge >= 0.3 is 0 Å². The molecule has 0 bridgehead atoms. The average molecular weight is 248 g/mol. The second-order valence-corrected chi connectivity index (χ2v) is 6.26. The molecule has 1 aliphatic rings. The maximum absolute atomic E-state index is 11.6. The fourth-order valence-corrected chi connectivity index (χ4v) is 3.72.